The summed E-state index contributed by atoms with van der Waals surface area (Å²) in [6, 6.07) is 5.72. The van der Waals surface area contributed by atoms with Gasteiger partial charge in [-0.15, -0.1) is 0 Å². The van der Waals surface area contributed by atoms with Crippen LogP contribution in [0.15, 0.2) is 30.6 Å². The lowest BCUT2D eigenvalue weighted by atomic mass is 10.1. The molecule has 1 aromatic carbocycles. The third-order valence-corrected chi connectivity index (χ3v) is 2.83. The molecule has 0 spiro atoms. The maximum atomic E-state index is 5.83. The molecule has 0 saturated carbocycles. The van der Waals surface area contributed by atoms with E-state index in [4.69, 9.17) is 21.1 Å². The van der Waals surface area contributed by atoms with E-state index in [1.165, 1.54) is 6.20 Å². The predicted molar refractivity (Wildman–Crippen MR) is 68.1 cm³/mol. The maximum absolute atomic E-state index is 5.83. The van der Waals surface area contributed by atoms with Gasteiger partial charge in [-0.3, -0.25) is 4.98 Å². The number of nitrogens with zero attached hydrogens (tertiary/aromatic N) is 2. The average molecular weight is 263 g/mol. The number of halogens is 1. The Balaban J connectivity index is 2.01. The molecule has 4 nitrogen and oxygen atoms in total. The van der Waals surface area contributed by atoms with Gasteiger partial charge in [-0.05, 0) is 18.2 Å². The average Bonchev–Trinajstić information content (AvgIpc) is 2.63. The zero-order chi connectivity index (χ0) is 12.4. The third kappa shape index (κ3) is 2.24. The van der Waals surface area contributed by atoms with Crippen LogP contribution < -0.4 is 9.47 Å². The largest absolute Gasteiger partial charge is 0.490 e. The first-order valence-corrected chi connectivity index (χ1v) is 6.08. The van der Waals surface area contributed by atoms with Crippen molar-refractivity contribution in [3.63, 3.8) is 0 Å². The molecule has 1 aliphatic rings. The molecule has 18 heavy (non-hydrogen) atoms. The molecule has 1 aliphatic heterocycles. The Hall–Kier alpha value is -1.81. The van der Waals surface area contributed by atoms with E-state index in [0.29, 0.717) is 18.4 Å². The minimum absolute atomic E-state index is 0.375. The van der Waals surface area contributed by atoms with Crippen LogP contribution in [0.3, 0.4) is 0 Å². The van der Waals surface area contributed by atoms with Crippen molar-refractivity contribution >= 4 is 11.6 Å². The predicted octanol–water partition coefficient (Wildman–Crippen LogP) is 2.96. The maximum Gasteiger partial charge on any atom is 0.161 e. The van der Waals surface area contributed by atoms with Crippen molar-refractivity contribution in [2.45, 2.75) is 6.42 Å². The van der Waals surface area contributed by atoms with E-state index < -0.39 is 0 Å². The summed E-state index contributed by atoms with van der Waals surface area (Å²) >= 11 is 5.83. The molecule has 0 fully saturated rings. The van der Waals surface area contributed by atoms with Crippen molar-refractivity contribution in [1.29, 1.82) is 0 Å². The standard InChI is InChI=1S/C13H11ClN2O2/c14-13-8-15-7-10(16-13)9-2-3-11-12(6-9)18-5-1-4-17-11/h2-3,6-8H,1,4-5H2. The molecule has 0 aliphatic carbocycles. The van der Waals surface area contributed by atoms with E-state index in [9.17, 15) is 0 Å². The summed E-state index contributed by atoms with van der Waals surface area (Å²) in [4.78, 5) is 8.25. The molecule has 5 heteroatoms. The van der Waals surface area contributed by atoms with E-state index in [0.717, 1.165) is 29.2 Å². The number of aromatic nitrogens is 2. The first kappa shape index (κ1) is 11.3. The van der Waals surface area contributed by atoms with Crippen LogP contribution in [-0.2, 0) is 0 Å². The van der Waals surface area contributed by atoms with E-state index in [-0.39, 0.29) is 0 Å². The number of ether oxygens (including phenoxy) is 2. The van der Waals surface area contributed by atoms with Gasteiger partial charge in [0.2, 0.25) is 0 Å². The van der Waals surface area contributed by atoms with Crippen molar-refractivity contribution in [2.75, 3.05) is 13.2 Å². The highest BCUT2D eigenvalue weighted by Gasteiger charge is 2.12. The summed E-state index contributed by atoms with van der Waals surface area (Å²) in [5.74, 6) is 1.51. The first-order valence-electron chi connectivity index (χ1n) is 5.70. The molecule has 0 saturated heterocycles. The van der Waals surface area contributed by atoms with Crippen molar-refractivity contribution in [3.8, 4) is 22.8 Å². The molecule has 0 bridgehead atoms. The topological polar surface area (TPSA) is 44.2 Å². The Labute approximate surface area is 110 Å². The van der Waals surface area contributed by atoms with Crippen LogP contribution in [0.1, 0.15) is 6.42 Å². The second-order valence-corrected chi connectivity index (χ2v) is 4.33. The normalized spacial score (nSPS) is 14.1. The second-order valence-electron chi connectivity index (χ2n) is 3.94. The molecule has 2 aromatic rings. The fourth-order valence-corrected chi connectivity index (χ4v) is 1.95. The summed E-state index contributed by atoms with van der Waals surface area (Å²) in [5.41, 5.74) is 1.63. The quantitative estimate of drug-likeness (QED) is 0.793. The summed E-state index contributed by atoms with van der Waals surface area (Å²) < 4.78 is 11.2. The van der Waals surface area contributed by atoms with Crippen molar-refractivity contribution in [3.05, 3.63) is 35.7 Å². The lowest BCUT2D eigenvalue weighted by Gasteiger charge is -2.08. The molecule has 0 amide bonds. The molecule has 0 unspecified atom stereocenters. The fraction of sp³-hybridized carbons (Fsp3) is 0.231. The van der Waals surface area contributed by atoms with Gasteiger partial charge in [0.1, 0.15) is 5.15 Å². The zero-order valence-corrected chi connectivity index (χ0v) is 10.4. The fourth-order valence-electron chi connectivity index (χ4n) is 1.80. The van der Waals surface area contributed by atoms with Crippen molar-refractivity contribution < 1.29 is 9.47 Å². The van der Waals surface area contributed by atoms with E-state index in [1.54, 1.807) is 6.20 Å². The smallest absolute Gasteiger partial charge is 0.161 e. The van der Waals surface area contributed by atoms with Gasteiger partial charge >= 0.3 is 0 Å². The van der Waals surface area contributed by atoms with Crippen LogP contribution in [0.25, 0.3) is 11.3 Å². The summed E-state index contributed by atoms with van der Waals surface area (Å²) in [7, 11) is 0. The highest BCUT2D eigenvalue weighted by Crippen LogP contribution is 2.33. The van der Waals surface area contributed by atoms with Gasteiger partial charge in [0, 0.05) is 12.0 Å². The van der Waals surface area contributed by atoms with E-state index >= 15 is 0 Å². The number of benzene rings is 1. The molecule has 3 rings (SSSR count). The van der Waals surface area contributed by atoms with E-state index in [1.807, 2.05) is 18.2 Å². The summed E-state index contributed by atoms with van der Waals surface area (Å²) in [5, 5.41) is 0.375. The number of rotatable bonds is 1. The molecule has 2 heterocycles. The van der Waals surface area contributed by atoms with Crippen LogP contribution in [0.5, 0.6) is 11.5 Å². The lowest BCUT2D eigenvalue weighted by molar-refractivity contribution is 0.297. The highest BCUT2D eigenvalue weighted by molar-refractivity contribution is 6.29. The summed E-state index contributed by atoms with van der Waals surface area (Å²) in [6.07, 6.45) is 4.07. The molecule has 0 radical (unpaired) electrons. The highest BCUT2D eigenvalue weighted by atomic mass is 35.5. The van der Waals surface area contributed by atoms with Gasteiger partial charge in [-0.25, -0.2) is 4.98 Å². The zero-order valence-electron chi connectivity index (χ0n) is 9.60. The Bertz CT molecular complexity index is 575. The molecule has 0 N–H and O–H groups in total. The summed E-state index contributed by atoms with van der Waals surface area (Å²) in [6.45, 7) is 1.35. The second kappa shape index (κ2) is 4.82. The molecular formula is C13H11ClN2O2. The van der Waals surface area contributed by atoms with E-state index in [2.05, 4.69) is 9.97 Å². The lowest BCUT2D eigenvalue weighted by Crippen LogP contribution is -1.97. The van der Waals surface area contributed by atoms with Gasteiger partial charge in [0.15, 0.2) is 11.5 Å². The van der Waals surface area contributed by atoms with Crippen LogP contribution in [0.4, 0.5) is 0 Å². The minimum atomic E-state index is 0.375. The first-order chi connectivity index (χ1) is 8.83. The van der Waals surface area contributed by atoms with Crippen LogP contribution in [0, 0.1) is 0 Å². The van der Waals surface area contributed by atoms with Crippen molar-refractivity contribution in [2.24, 2.45) is 0 Å². The van der Waals surface area contributed by atoms with Crippen molar-refractivity contribution in [1.82, 2.24) is 9.97 Å². The minimum Gasteiger partial charge on any atom is -0.490 e. The van der Waals surface area contributed by atoms with Gasteiger partial charge in [-0.2, -0.15) is 0 Å². The van der Waals surface area contributed by atoms with Gasteiger partial charge in [0.05, 0.1) is 31.3 Å². The third-order valence-electron chi connectivity index (χ3n) is 2.65. The molecule has 92 valence electrons. The Kier molecular flexibility index (Phi) is 3.02. The molecular weight excluding hydrogens is 252 g/mol. The Morgan fingerprint density at radius 1 is 1.06 bits per heavy atom. The molecule has 0 atom stereocenters. The number of hydrogen-bond acceptors (Lipinski definition) is 4. The monoisotopic (exact) mass is 262 g/mol. The molecule has 1 aromatic heterocycles. The van der Waals surface area contributed by atoms with Crippen LogP contribution in [-0.4, -0.2) is 23.2 Å². The Morgan fingerprint density at radius 3 is 2.72 bits per heavy atom. The Morgan fingerprint density at radius 2 is 1.89 bits per heavy atom. The van der Waals surface area contributed by atoms with Gasteiger partial charge < -0.3 is 9.47 Å². The van der Waals surface area contributed by atoms with Crippen LogP contribution in [0.2, 0.25) is 5.15 Å². The van der Waals surface area contributed by atoms with Crippen LogP contribution >= 0.6 is 11.6 Å². The SMILES string of the molecule is Clc1cncc(-c2ccc3c(c2)OCCCO3)n1. The van der Waals surface area contributed by atoms with Gasteiger partial charge in [-0.1, -0.05) is 11.6 Å². The van der Waals surface area contributed by atoms with Gasteiger partial charge in [0.25, 0.3) is 0 Å². The number of hydrogen-bond donors (Lipinski definition) is 0. The number of fused-ring (bicyclic) bond motifs is 1.